The Labute approximate surface area is 107 Å². The Morgan fingerprint density at radius 2 is 1.45 bits per heavy atom. The number of hydrogen-bond donors (Lipinski definition) is 0. The summed E-state index contributed by atoms with van der Waals surface area (Å²) in [6.07, 6.45) is -12.0. The van der Waals surface area contributed by atoms with Crippen LogP contribution in [0.1, 0.15) is 15.9 Å². The number of halogens is 8. The van der Waals surface area contributed by atoms with E-state index in [4.69, 9.17) is 0 Å². The molecule has 0 N–H and O–H groups in total. The van der Waals surface area contributed by atoms with Crippen LogP contribution in [0.25, 0.3) is 0 Å². The second-order valence-electron chi connectivity index (χ2n) is 3.93. The van der Waals surface area contributed by atoms with Crippen LogP contribution < -0.4 is 0 Å². The average molecular weight is 306 g/mol. The summed E-state index contributed by atoms with van der Waals surface area (Å²) < 4.78 is 101. The summed E-state index contributed by atoms with van der Waals surface area (Å²) in [5.74, 6) is -10.7. The lowest BCUT2D eigenvalue weighted by molar-refractivity contribution is -0.265. The zero-order chi connectivity index (χ0) is 15.9. The van der Waals surface area contributed by atoms with Gasteiger partial charge in [0, 0.05) is 0 Å². The third kappa shape index (κ3) is 3.07. The zero-order valence-electron chi connectivity index (χ0n) is 9.66. The van der Waals surface area contributed by atoms with Gasteiger partial charge in [0.05, 0.1) is 5.56 Å². The van der Waals surface area contributed by atoms with Crippen molar-refractivity contribution in [3.63, 3.8) is 0 Å². The van der Waals surface area contributed by atoms with E-state index in [0.717, 1.165) is 13.0 Å². The molecule has 0 spiro atoms. The highest BCUT2D eigenvalue weighted by molar-refractivity contribution is 5.99. The summed E-state index contributed by atoms with van der Waals surface area (Å²) >= 11 is 0. The number of benzene rings is 1. The van der Waals surface area contributed by atoms with Gasteiger partial charge in [-0.25, -0.2) is 8.78 Å². The molecule has 0 aliphatic carbocycles. The first kappa shape index (κ1) is 16.4. The van der Waals surface area contributed by atoms with Crippen LogP contribution in [-0.2, 0) is 0 Å². The summed E-state index contributed by atoms with van der Waals surface area (Å²) in [5.41, 5.74) is -2.29. The van der Waals surface area contributed by atoms with Crippen molar-refractivity contribution < 1.29 is 39.9 Å². The van der Waals surface area contributed by atoms with Gasteiger partial charge in [-0.05, 0) is 18.6 Å². The van der Waals surface area contributed by atoms with E-state index in [9.17, 15) is 39.9 Å². The first-order chi connectivity index (χ1) is 8.87. The van der Waals surface area contributed by atoms with Crippen molar-refractivity contribution in [1.29, 1.82) is 0 Å². The molecule has 1 rings (SSSR count). The second-order valence-corrected chi connectivity index (χ2v) is 3.93. The smallest absolute Gasteiger partial charge is 0.293 e. The average Bonchev–Trinajstić information content (AvgIpc) is 2.19. The van der Waals surface area contributed by atoms with Crippen LogP contribution in [0.3, 0.4) is 0 Å². The molecule has 0 heterocycles. The van der Waals surface area contributed by atoms with Crippen molar-refractivity contribution in [2.24, 2.45) is 5.92 Å². The Balaban J connectivity index is 3.46. The third-order valence-corrected chi connectivity index (χ3v) is 2.45. The summed E-state index contributed by atoms with van der Waals surface area (Å²) in [4.78, 5) is 11.3. The molecule has 0 radical (unpaired) electrons. The predicted molar refractivity (Wildman–Crippen MR) is 51.0 cm³/mol. The highest BCUT2D eigenvalue weighted by Crippen LogP contribution is 2.41. The molecule has 0 aliphatic rings. The largest absolute Gasteiger partial charge is 0.407 e. The van der Waals surface area contributed by atoms with E-state index >= 15 is 0 Å². The van der Waals surface area contributed by atoms with Crippen LogP contribution in [-0.4, -0.2) is 18.1 Å². The van der Waals surface area contributed by atoms with Gasteiger partial charge in [0.25, 0.3) is 0 Å². The second kappa shape index (κ2) is 5.02. The molecular weight excluding hydrogens is 300 g/mol. The molecule has 0 aliphatic heterocycles. The quantitative estimate of drug-likeness (QED) is 0.591. The Hall–Kier alpha value is -1.67. The fourth-order valence-corrected chi connectivity index (χ4v) is 1.51. The molecule has 0 unspecified atom stereocenters. The SMILES string of the molecule is Cc1ccc(F)c(C(=O)C(C(F)(F)F)C(F)(F)F)c1F. The number of carbonyl (C=O) groups is 1. The number of rotatable bonds is 2. The molecular formula is C11H6F8O. The van der Waals surface area contributed by atoms with Crippen molar-refractivity contribution in [1.82, 2.24) is 0 Å². The molecule has 0 saturated carbocycles. The molecule has 0 amide bonds. The third-order valence-electron chi connectivity index (χ3n) is 2.45. The Morgan fingerprint density at radius 1 is 1.00 bits per heavy atom. The molecule has 0 atom stereocenters. The van der Waals surface area contributed by atoms with Crippen LogP contribution in [0, 0.1) is 24.5 Å². The van der Waals surface area contributed by atoms with E-state index in [-0.39, 0.29) is 0 Å². The number of hydrogen-bond acceptors (Lipinski definition) is 1. The fraction of sp³-hybridized carbons (Fsp3) is 0.364. The Bertz CT molecular complexity index is 514. The first-order valence-electron chi connectivity index (χ1n) is 4.99. The van der Waals surface area contributed by atoms with Crippen molar-refractivity contribution in [2.45, 2.75) is 19.3 Å². The van der Waals surface area contributed by atoms with E-state index in [1.807, 2.05) is 0 Å². The van der Waals surface area contributed by atoms with Crippen LogP contribution >= 0.6 is 0 Å². The molecule has 1 aromatic rings. The lowest BCUT2D eigenvalue weighted by Crippen LogP contribution is -2.43. The number of aryl methyl sites for hydroxylation is 1. The van der Waals surface area contributed by atoms with Gasteiger partial charge < -0.3 is 0 Å². The van der Waals surface area contributed by atoms with Gasteiger partial charge in [0.2, 0.25) is 5.92 Å². The number of carbonyl (C=O) groups excluding carboxylic acids is 1. The molecule has 0 bridgehead atoms. The summed E-state index contributed by atoms with van der Waals surface area (Å²) in [7, 11) is 0. The number of Topliss-reactive ketones (excluding diaryl/α,β-unsaturated/α-hetero) is 1. The van der Waals surface area contributed by atoms with Gasteiger partial charge in [-0.15, -0.1) is 0 Å². The van der Waals surface area contributed by atoms with Crippen LogP contribution in [0.15, 0.2) is 12.1 Å². The highest BCUT2D eigenvalue weighted by atomic mass is 19.4. The van der Waals surface area contributed by atoms with E-state index in [1.165, 1.54) is 0 Å². The minimum Gasteiger partial charge on any atom is -0.293 e. The van der Waals surface area contributed by atoms with Crippen LogP contribution in [0.4, 0.5) is 35.1 Å². The molecule has 1 nitrogen and oxygen atoms in total. The molecule has 1 aromatic carbocycles. The molecule has 0 saturated heterocycles. The van der Waals surface area contributed by atoms with Crippen molar-refractivity contribution in [3.8, 4) is 0 Å². The minimum absolute atomic E-state index is 0.426. The molecule has 9 heteroatoms. The predicted octanol–water partition coefficient (Wildman–Crippen LogP) is 4.20. The van der Waals surface area contributed by atoms with Gasteiger partial charge in [-0.1, -0.05) is 6.07 Å². The maximum atomic E-state index is 13.5. The topological polar surface area (TPSA) is 17.1 Å². The summed E-state index contributed by atoms with van der Waals surface area (Å²) in [6, 6.07) is 1.22. The van der Waals surface area contributed by atoms with E-state index in [0.29, 0.717) is 6.07 Å². The first-order valence-corrected chi connectivity index (χ1v) is 4.99. The zero-order valence-corrected chi connectivity index (χ0v) is 9.66. The molecule has 112 valence electrons. The molecule has 0 aromatic heterocycles. The van der Waals surface area contributed by atoms with Crippen molar-refractivity contribution in [2.75, 3.05) is 0 Å². The van der Waals surface area contributed by atoms with Gasteiger partial charge in [0.1, 0.15) is 11.6 Å². The number of ketones is 1. The van der Waals surface area contributed by atoms with Gasteiger partial charge in [-0.2, -0.15) is 26.3 Å². The van der Waals surface area contributed by atoms with Gasteiger partial charge in [-0.3, -0.25) is 4.79 Å². The van der Waals surface area contributed by atoms with Gasteiger partial charge >= 0.3 is 12.4 Å². The number of alkyl halides is 6. The van der Waals surface area contributed by atoms with Gasteiger partial charge in [0.15, 0.2) is 5.78 Å². The van der Waals surface area contributed by atoms with Crippen molar-refractivity contribution in [3.05, 3.63) is 34.9 Å². The molecule has 0 fully saturated rings. The monoisotopic (exact) mass is 306 g/mol. The summed E-state index contributed by atoms with van der Waals surface area (Å²) in [5, 5.41) is 0. The van der Waals surface area contributed by atoms with Crippen molar-refractivity contribution >= 4 is 5.78 Å². The fourth-order valence-electron chi connectivity index (χ4n) is 1.51. The summed E-state index contributed by atoms with van der Waals surface area (Å²) in [6.45, 7) is 0.974. The molecule has 20 heavy (non-hydrogen) atoms. The highest BCUT2D eigenvalue weighted by Gasteiger charge is 2.61. The van der Waals surface area contributed by atoms with Crippen LogP contribution in [0.5, 0.6) is 0 Å². The lowest BCUT2D eigenvalue weighted by Gasteiger charge is -2.22. The Morgan fingerprint density at radius 3 is 1.85 bits per heavy atom. The Kier molecular flexibility index (Phi) is 4.12. The maximum absolute atomic E-state index is 13.5. The van der Waals surface area contributed by atoms with E-state index in [2.05, 4.69) is 0 Å². The normalized spacial score (nSPS) is 12.9. The lowest BCUT2D eigenvalue weighted by atomic mass is 9.94. The van der Waals surface area contributed by atoms with E-state index < -0.39 is 46.8 Å². The minimum atomic E-state index is -6.00. The standard InChI is InChI=1S/C11H6F8O/c1-4-2-3-5(12)6(7(4)13)8(20)9(10(14,15)16)11(17,18)19/h2-3,9H,1H3. The maximum Gasteiger partial charge on any atom is 0.407 e. The van der Waals surface area contributed by atoms with E-state index in [1.54, 1.807) is 0 Å². The van der Waals surface area contributed by atoms with Crippen LogP contribution in [0.2, 0.25) is 0 Å².